The number of hydrogen-bond acceptors (Lipinski definition) is 3. The fourth-order valence-electron chi connectivity index (χ4n) is 2.47. The second-order valence-corrected chi connectivity index (χ2v) is 5.76. The van der Waals surface area contributed by atoms with E-state index in [1.807, 2.05) is 13.1 Å². The Labute approximate surface area is 118 Å². The summed E-state index contributed by atoms with van der Waals surface area (Å²) in [5.74, 6) is -0.409. The minimum atomic E-state index is -0.409. The van der Waals surface area contributed by atoms with E-state index >= 15 is 0 Å². The number of hydrogen-bond donors (Lipinski definition) is 2. The van der Waals surface area contributed by atoms with E-state index in [0.717, 1.165) is 31.6 Å². The van der Waals surface area contributed by atoms with Gasteiger partial charge in [-0.2, -0.15) is 0 Å². The van der Waals surface area contributed by atoms with Crippen LogP contribution in [0.5, 0.6) is 0 Å². The topological polar surface area (TPSA) is 58.4 Å². The maximum Gasteiger partial charge on any atom is 0.250 e. The molecule has 0 radical (unpaired) electrons. The van der Waals surface area contributed by atoms with E-state index in [-0.39, 0.29) is 5.54 Å². The van der Waals surface area contributed by atoms with Gasteiger partial charge in [0, 0.05) is 23.7 Å². The molecule has 0 atom stereocenters. The Morgan fingerprint density at radius 1 is 1.42 bits per heavy atom. The molecule has 1 aromatic carbocycles. The maximum absolute atomic E-state index is 11.5. The second kappa shape index (κ2) is 5.39. The minimum absolute atomic E-state index is 0.169. The van der Waals surface area contributed by atoms with Gasteiger partial charge in [0.25, 0.3) is 5.91 Å². The molecular formula is C14H20ClN3O. The van der Waals surface area contributed by atoms with E-state index in [1.165, 1.54) is 0 Å². The highest BCUT2D eigenvalue weighted by molar-refractivity contribution is 6.31. The van der Waals surface area contributed by atoms with Crippen molar-refractivity contribution >= 4 is 23.2 Å². The third-order valence-corrected chi connectivity index (χ3v) is 4.27. The molecule has 1 aliphatic rings. The third-order valence-electron chi connectivity index (χ3n) is 4.04. The summed E-state index contributed by atoms with van der Waals surface area (Å²) in [7, 11) is 1.99. The number of nitrogens with one attached hydrogen (secondary N) is 1. The minimum Gasteiger partial charge on any atom is -0.371 e. The number of primary amides is 1. The number of nitrogens with two attached hydrogens (primary N) is 1. The summed E-state index contributed by atoms with van der Waals surface area (Å²) in [6, 6.07) is 5.22. The van der Waals surface area contributed by atoms with E-state index in [2.05, 4.69) is 17.1 Å². The number of rotatable bonds is 3. The number of piperidine rings is 1. The van der Waals surface area contributed by atoms with Gasteiger partial charge < -0.3 is 16.0 Å². The van der Waals surface area contributed by atoms with E-state index in [1.54, 1.807) is 12.1 Å². The average Bonchev–Trinajstić information content (AvgIpc) is 2.39. The molecule has 0 aromatic heterocycles. The highest BCUT2D eigenvalue weighted by atomic mass is 35.5. The monoisotopic (exact) mass is 281 g/mol. The summed E-state index contributed by atoms with van der Waals surface area (Å²) in [5.41, 5.74) is 6.98. The van der Waals surface area contributed by atoms with Crippen LogP contribution in [0.25, 0.3) is 0 Å². The van der Waals surface area contributed by atoms with Crippen molar-refractivity contribution in [3.8, 4) is 0 Å². The molecule has 1 saturated heterocycles. The first-order valence-corrected chi connectivity index (χ1v) is 6.86. The fourth-order valence-corrected chi connectivity index (χ4v) is 2.63. The molecule has 4 nitrogen and oxygen atoms in total. The molecule has 104 valence electrons. The molecule has 1 amide bonds. The summed E-state index contributed by atoms with van der Waals surface area (Å²) in [4.78, 5) is 13.7. The van der Waals surface area contributed by atoms with Gasteiger partial charge in [0.1, 0.15) is 0 Å². The van der Waals surface area contributed by atoms with Crippen molar-refractivity contribution in [2.24, 2.45) is 5.73 Å². The van der Waals surface area contributed by atoms with Crippen LogP contribution in [0, 0.1) is 0 Å². The zero-order valence-corrected chi connectivity index (χ0v) is 12.1. The lowest BCUT2D eigenvalue weighted by molar-refractivity contribution is 0.100. The molecule has 1 aliphatic heterocycles. The lowest BCUT2D eigenvalue weighted by atomic mass is 9.89. The molecule has 0 spiro atoms. The van der Waals surface area contributed by atoms with Gasteiger partial charge in [-0.1, -0.05) is 11.6 Å². The van der Waals surface area contributed by atoms with Crippen LogP contribution in [-0.4, -0.2) is 31.6 Å². The Bertz CT molecular complexity index is 482. The fraction of sp³-hybridized carbons (Fsp3) is 0.500. The number of nitrogens with zero attached hydrogens (tertiary/aromatic N) is 1. The smallest absolute Gasteiger partial charge is 0.250 e. The number of benzene rings is 1. The van der Waals surface area contributed by atoms with Crippen LogP contribution in [0.3, 0.4) is 0 Å². The van der Waals surface area contributed by atoms with Gasteiger partial charge in [-0.05, 0) is 45.0 Å². The van der Waals surface area contributed by atoms with E-state index < -0.39 is 5.91 Å². The molecule has 1 heterocycles. The van der Waals surface area contributed by atoms with Crippen LogP contribution in [-0.2, 0) is 0 Å². The molecule has 3 N–H and O–H groups in total. The molecule has 5 heteroatoms. The van der Waals surface area contributed by atoms with Crippen molar-refractivity contribution in [2.75, 3.05) is 25.0 Å². The summed E-state index contributed by atoms with van der Waals surface area (Å²) >= 11 is 6.03. The van der Waals surface area contributed by atoms with Gasteiger partial charge in [0.2, 0.25) is 0 Å². The highest BCUT2D eigenvalue weighted by Crippen LogP contribution is 2.30. The van der Waals surface area contributed by atoms with Crippen LogP contribution in [0.4, 0.5) is 5.69 Å². The molecule has 2 rings (SSSR count). The Balaban J connectivity index is 2.24. The Morgan fingerprint density at radius 2 is 2.05 bits per heavy atom. The van der Waals surface area contributed by atoms with Crippen LogP contribution in [0.2, 0.25) is 5.02 Å². The first-order chi connectivity index (χ1) is 8.95. The van der Waals surface area contributed by atoms with Gasteiger partial charge in [0.15, 0.2) is 0 Å². The van der Waals surface area contributed by atoms with Crippen molar-refractivity contribution in [2.45, 2.75) is 25.3 Å². The SMILES string of the molecule is CNC1(C)CCN(c2cc(Cl)ccc2C(N)=O)CC1. The number of halogens is 1. The summed E-state index contributed by atoms with van der Waals surface area (Å²) in [5, 5.41) is 3.98. The Morgan fingerprint density at radius 3 is 2.58 bits per heavy atom. The molecule has 1 fully saturated rings. The number of amides is 1. The lowest BCUT2D eigenvalue weighted by Crippen LogP contribution is -2.50. The van der Waals surface area contributed by atoms with Crippen molar-refractivity contribution in [3.63, 3.8) is 0 Å². The van der Waals surface area contributed by atoms with E-state index in [9.17, 15) is 4.79 Å². The van der Waals surface area contributed by atoms with Crippen molar-refractivity contribution in [3.05, 3.63) is 28.8 Å². The molecular weight excluding hydrogens is 262 g/mol. The number of anilines is 1. The van der Waals surface area contributed by atoms with Gasteiger partial charge in [0.05, 0.1) is 11.3 Å². The largest absolute Gasteiger partial charge is 0.371 e. The van der Waals surface area contributed by atoms with Crippen molar-refractivity contribution in [1.29, 1.82) is 0 Å². The van der Waals surface area contributed by atoms with Crippen molar-refractivity contribution < 1.29 is 4.79 Å². The van der Waals surface area contributed by atoms with Crippen LogP contribution in [0.15, 0.2) is 18.2 Å². The molecule has 0 aliphatic carbocycles. The van der Waals surface area contributed by atoms with Crippen LogP contribution in [0.1, 0.15) is 30.1 Å². The van der Waals surface area contributed by atoms with Gasteiger partial charge >= 0.3 is 0 Å². The van der Waals surface area contributed by atoms with E-state index in [4.69, 9.17) is 17.3 Å². The first-order valence-electron chi connectivity index (χ1n) is 6.48. The molecule has 0 bridgehead atoms. The third kappa shape index (κ3) is 3.01. The van der Waals surface area contributed by atoms with Crippen LogP contribution >= 0.6 is 11.6 Å². The number of carbonyl (C=O) groups excluding carboxylic acids is 1. The second-order valence-electron chi connectivity index (χ2n) is 5.32. The highest BCUT2D eigenvalue weighted by Gasteiger charge is 2.29. The Kier molecular flexibility index (Phi) is 4.02. The van der Waals surface area contributed by atoms with Crippen molar-refractivity contribution in [1.82, 2.24) is 5.32 Å². The van der Waals surface area contributed by atoms with Gasteiger partial charge in [-0.3, -0.25) is 4.79 Å². The maximum atomic E-state index is 11.5. The quantitative estimate of drug-likeness (QED) is 0.891. The lowest BCUT2D eigenvalue weighted by Gasteiger charge is -2.40. The van der Waals surface area contributed by atoms with E-state index in [0.29, 0.717) is 10.6 Å². The molecule has 19 heavy (non-hydrogen) atoms. The van der Waals surface area contributed by atoms with Gasteiger partial charge in [-0.15, -0.1) is 0 Å². The normalized spacial score (nSPS) is 18.4. The predicted octanol–water partition coefficient (Wildman–Crippen LogP) is 2.02. The van der Waals surface area contributed by atoms with Crippen LogP contribution < -0.4 is 16.0 Å². The zero-order chi connectivity index (χ0) is 14.0. The summed E-state index contributed by atoms with van der Waals surface area (Å²) in [6.07, 6.45) is 2.04. The number of carbonyl (C=O) groups is 1. The summed E-state index contributed by atoms with van der Waals surface area (Å²) < 4.78 is 0. The molecule has 0 saturated carbocycles. The zero-order valence-electron chi connectivity index (χ0n) is 11.4. The predicted molar refractivity (Wildman–Crippen MR) is 78.9 cm³/mol. The standard InChI is InChI=1S/C14H20ClN3O/c1-14(17-2)5-7-18(8-6-14)12-9-10(15)3-4-11(12)13(16)19/h3-4,9,17H,5-8H2,1-2H3,(H2,16,19). The summed E-state index contributed by atoms with van der Waals surface area (Å²) in [6.45, 7) is 3.99. The average molecular weight is 282 g/mol. The molecule has 0 unspecified atom stereocenters. The first kappa shape index (κ1) is 14.2. The van der Waals surface area contributed by atoms with Gasteiger partial charge in [-0.25, -0.2) is 0 Å². The molecule has 1 aromatic rings. The Hall–Kier alpha value is -1.26.